The first-order valence-corrected chi connectivity index (χ1v) is 53.6. The minimum absolute atomic E-state index is 0.0575. The molecular formula is C105H186N20O11. The van der Waals surface area contributed by atoms with Crippen LogP contribution >= 0.6 is 0 Å². The molecule has 0 unspecified atom stereocenters. The highest BCUT2D eigenvalue weighted by molar-refractivity contribution is 5.80. The zero-order valence-corrected chi connectivity index (χ0v) is 88.0. The first-order valence-electron chi connectivity index (χ1n) is 53.6. The summed E-state index contributed by atoms with van der Waals surface area (Å²) in [7, 11) is 4.19. The quantitative estimate of drug-likeness (QED) is 0.106. The Kier molecular flexibility index (Phi) is 43.5. The number of likely N-dealkylation sites (N-methyl/N-ethyl adjacent to an activating group) is 1. The van der Waals surface area contributed by atoms with Crippen molar-refractivity contribution in [3.63, 3.8) is 0 Å². The number of carbonyl (C=O) groups excluding carboxylic acids is 8. The van der Waals surface area contributed by atoms with Gasteiger partial charge in [-0.15, -0.1) is 0 Å². The molecule has 31 nitrogen and oxygen atoms in total. The molecule has 0 aromatic carbocycles. The third-order valence-corrected chi connectivity index (χ3v) is 30.7. The van der Waals surface area contributed by atoms with Crippen LogP contribution in [0.2, 0.25) is 0 Å². The lowest BCUT2D eigenvalue weighted by Gasteiger charge is -2.46. The average molecular weight is 1900 g/mol. The summed E-state index contributed by atoms with van der Waals surface area (Å²) in [6.07, 6.45) is 28.8. The predicted molar refractivity (Wildman–Crippen MR) is 537 cm³/mol. The van der Waals surface area contributed by atoms with Crippen molar-refractivity contribution in [1.29, 1.82) is 0 Å². The van der Waals surface area contributed by atoms with Crippen molar-refractivity contribution in [2.24, 2.45) is 34.0 Å². The molecule has 12 saturated heterocycles. The number of nitrogens with zero attached hydrogens (tertiary/aromatic N) is 20. The van der Waals surface area contributed by atoms with Crippen LogP contribution < -0.4 is 0 Å². The van der Waals surface area contributed by atoms with Gasteiger partial charge in [-0.1, -0.05) is 104 Å². The van der Waals surface area contributed by atoms with Crippen molar-refractivity contribution < 1.29 is 52.6 Å². The summed E-state index contributed by atoms with van der Waals surface area (Å²) in [5.74, 6) is 4.75. The molecule has 16 rings (SSSR count). The molecule has 0 saturated carbocycles. The standard InChI is InChI=1S/C20H37N3O2.2C18H33N3O2.C17H31N3O3.2C16H26N4O/c1-20(2,3)16-19(24)23-8-4-17(5-9-23)21-10-12-22(13-11-21)18-6-14-25-15-7-18;1-18(2,3)12-17(22)21-6-4-15(5-7-21)19-8-10-20(11-9-19)16-13-23-14-16;1-18(2,3)14-17(23)21-12-6-15(7-13-21)19(4)11-8-16(22)20-9-5-10-20;1-14(2)12-16(21)19-6-4-15(5-7-19)23-13-17(22)20-10-8-18(3)9-11-20;1-13(2)11-16(21)19-6-3-14(4-7-19)20-10-9-18-8-5-17-15(18)12-20;1-13(2)9-16(21)18-5-3-14(4-6-18)19-7-8-20-12-17-10-15(20)11-19/h17-18H,4-16H2,1-3H3;15-16H,4-14H2,1-3H3;15H,5-14H2,1-4H3;14-15H,4-13H2,1-3H3;5,8,13-14H,3-4,6-7,9-12H2,1-2H3;10,12-14H,3-9,11H2,1-2H3. The first kappa shape index (κ1) is 110. The van der Waals surface area contributed by atoms with Gasteiger partial charge in [0.1, 0.15) is 12.4 Å². The fraction of sp³-hybridized carbons (Fsp3) is 0.867. The van der Waals surface area contributed by atoms with Crippen LogP contribution in [0.5, 0.6) is 0 Å². The van der Waals surface area contributed by atoms with E-state index in [-0.39, 0.29) is 46.7 Å². The number of likely N-dealkylation sites (tertiary alicyclic amines) is 7. The molecule has 0 aliphatic carbocycles. The number of rotatable bonds is 22. The van der Waals surface area contributed by atoms with Crippen LogP contribution in [0.4, 0.5) is 0 Å². The van der Waals surface area contributed by atoms with E-state index in [1.165, 1.54) is 76.7 Å². The lowest BCUT2D eigenvalue weighted by atomic mass is 9.91. The molecule has 16 heterocycles. The average Bonchev–Trinajstić information content (AvgIpc) is 1.73. The third kappa shape index (κ3) is 36.0. The van der Waals surface area contributed by atoms with Gasteiger partial charge in [-0.3, -0.25) is 67.8 Å². The van der Waals surface area contributed by atoms with E-state index < -0.39 is 0 Å². The highest BCUT2D eigenvalue weighted by atomic mass is 16.5. The molecule has 0 spiro atoms. The number of carbonyl (C=O) groups is 8. The number of imidazole rings is 2. The van der Waals surface area contributed by atoms with E-state index in [1.54, 1.807) is 0 Å². The van der Waals surface area contributed by atoms with Gasteiger partial charge in [-0.05, 0) is 144 Å². The van der Waals surface area contributed by atoms with E-state index in [1.807, 2.05) is 38.3 Å². The summed E-state index contributed by atoms with van der Waals surface area (Å²) in [4.78, 5) is 142. The Morgan fingerprint density at radius 1 is 0.382 bits per heavy atom. The van der Waals surface area contributed by atoms with Gasteiger partial charge in [0.15, 0.2) is 0 Å². The summed E-state index contributed by atoms with van der Waals surface area (Å²) in [5, 5.41) is 0. The molecule has 14 aliphatic rings. The topological polar surface area (TPSA) is 252 Å². The number of hydrogen-bond acceptors (Lipinski definition) is 21. The van der Waals surface area contributed by atoms with Gasteiger partial charge in [0.05, 0.1) is 43.9 Å². The van der Waals surface area contributed by atoms with E-state index in [9.17, 15) is 38.4 Å². The van der Waals surface area contributed by atoms with Crippen molar-refractivity contribution in [2.75, 3.05) is 237 Å². The Morgan fingerprint density at radius 2 is 0.735 bits per heavy atom. The summed E-state index contributed by atoms with van der Waals surface area (Å²) in [5.41, 5.74) is 1.56. The summed E-state index contributed by atoms with van der Waals surface area (Å²) in [6, 6.07) is 4.50. The molecular weight excluding hydrogens is 1720 g/mol. The predicted octanol–water partition coefficient (Wildman–Crippen LogP) is 9.89. The number of ether oxygens (including phenoxy) is 3. The van der Waals surface area contributed by atoms with Crippen molar-refractivity contribution in [1.82, 2.24) is 97.5 Å². The van der Waals surface area contributed by atoms with Gasteiger partial charge < -0.3 is 72.3 Å². The Balaban J connectivity index is 0.000000157. The smallest absolute Gasteiger partial charge is 0.248 e. The van der Waals surface area contributed by atoms with Gasteiger partial charge >= 0.3 is 0 Å². The molecule has 0 N–H and O–H groups in total. The Bertz CT molecular complexity index is 3810. The molecule has 2 aromatic rings. The minimum Gasteiger partial charge on any atom is -0.381 e. The van der Waals surface area contributed by atoms with Gasteiger partial charge in [0.25, 0.3) is 0 Å². The second-order valence-electron chi connectivity index (χ2n) is 46.8. The fourth-order valence-corrected chi connectivity index (χ4v) is 21.8. The second kappa shape index (κ2) is 53.7. The SMILES string of the molecule is CC(C)(C)CC(=O)N1CCC(N2CCN(C3CCOCC3)CC2)CC1.CC(C)(C)CC(=O)N1CCC(N2CCN(C3COC3)CC2)CC1.CC(C)CC(=O)N1CCC(N2CCn3ccnc3C2)CC1.CC(C)CC(=O)N1CCC(N2CCn3cncc3C2)CC1.CC(C)CC(=O)N1CCC(OCC(=O)N2CCN(C)CC2)CC1.CN(CCC(=O)N1CCC1)C1CCN(C(=O)CC(C)(C)C)CC1. The van der Waals surface area contributed by atoms with Gasteiger partial charge in [0, 0.05) is 322 Å². The monoisotopic (exact) mass is 1900 g/mol. The highest BCUT2D eigenvalue weighted by Crippen LogP contribution is 2.32. The zero-order chi connectivity index (χ0) is 97.8. The second-order valence-corrected chi connectivity index (χ2v) is 46.8. The van der Waals surface area contributed by atoms with E-state index in [0.717, 1.165) is 280 Å². The molecule has 0 radical (unpaired) electrons. The zero-order valence-electron chi connectivity index (χ0n) is 88.0. The van der Waals surface area contributed by atoms with Crippen LogP contribution in [-0.4, -0.2) is 430 Å². The maximum Gasteiger partial charge on any atom is 0.248 e. The maximum absolute atomic E-state index is 12.4. The number of amides is 8. The lowest BCUT2D eigenvalue weighted by molar-refractivity contribution is -0.143. The van der Waals surface area contributed by atoms with Crippen molar-refractivity contribution in [3.8, 4) is 0 Å². The summed E-state index contributed by atoms with van der Waals surface area (Å²) < 4.78 is 21.1. The number of fused-ring (bicyclic) bond motifs is 2. The van der Waals surface area contributed by atoms with Gasteiger partial charge in [0.2, 0.25) is 47.3 Å². The Hall–Kier alpha value is -6.26. The van der Waals surface area contributed by atoms with E-state index in [4.69, 9.17) is 14.2 Å². The molecule has 136 heavy (non-hydrogen) atoms. The normalized spacial score (nSPS) is 22.6. The van der Waals surface area contributed by atoms with Crippen LogP contribution in [-0.2, 0) is 78.7 Å². The minimum atomic E-state index is 0.0575. The molecule has 2 aromatic heterocycles. The van der Waals surface area contributed by atoms with Crippen molar-refractivity contribution in [3.05, 3.63) is 36.4 Å². The number of piperidine rings is 6. The van der Waals surface area contributed by atoms with Crippen LogP contribution in [0.25, 0.3) is 0 Å². The van der Waals surface area contributed by atoms with Gasteiger partial charge in [-0.25, -0.2) is 9.97 Å². The largest absolute Gasteiger partial charge is 0.381 e. The highest BCUT2D eigenvalue weighted by Gasteiger charge is 2.39. The molecule has 772 valence electrons. The van der Waals surface area contributed by atoms with Crippen LogP contribution in [0, 0.1) is 34.0 Å². The summed E-state index contributed by atoms with van der Waals surface area (Å²) >= 11 is 0. The van der Waals surface area contributed by atoms with Gasteiger partial charge in [-0.2, -0.15) is 0 Å². The molecule has 0 bridgehead atoms. The Morgan fingerprint density at radius 3 is 1.12 bits per heavy atom. The van der Waals surface area contributed by atoms with Crippen molar-refractivity contribution in [2.45, 2.75) is 320 Å². The maximum atomic E-state index is 12.4. The Labute approximate surface area is 820 Å². The van der Waals surface area contributed by atoms with Crippen LogP contribution in [0.1, 0.15) is 257 Å². The fourth-order valence-electron chi connectivity index (χ4n) is 21.8. The number of aromatic nitrogens is 4. The number of hydrogen-bond donors (Lipinski definition) is 0. The van der Waals surface area contributed by atoms with Crippen LogP contribution in [0.15, 0.2) is 24.9 Å². The molecule has 12 fully saturated rings. The molecule has 31 heteroatoms. The van der Waals surface area contributed by atoms with Crippen LogP contribution in [0.3, 0.4) is 0 Å². The number of piperazine rings is 3. The summed E-state index contributed by atoms with van der Waals surface area (Å²) in [6.45, 7) is 68.3. The molecule has 14 aliphatic heterocycles. The van der Waals surface area contributed by atoms with E-state index in [0.29, 0.717) is 128 Å². The molecule has 0 atom stereocenters. The van der Waals surface area contributed by atoms with Crippen molar-refractivity contribution >= 4 is 47.3 Å². The van der Waals surface area contributed by atoms with E-state index in [2.05, 4.69) is 202 Å². The third-order valence-electron chi connectivity index (χ3n) is 30.7. The molecule has 8 amide bonds. The lowest BCUT2D eigenvalue weighted by Crippen LogP contribution is -2.59. The first-order chi connectivity index (χ1) is 64.8. The van der Waals surface area contributed by atoms with E-state index >= 15 is 0 Å².